The average Bonchev–Trinajstić information content (AvgIpc) is 2.99. The van der Waals surface area contributed by atoms with Crippen molar-refractivity contribution >= 4 is 23.7 Å². The van der Waals surface area contributed by atoms with Crippen molar-refractivity contribution in [3.63, 3.8) is 0 Å². The third-order valence-corrected chi connectivity index (χ3v) is 6.64. The smallest absolute Gasteiger partial charge is 0.409 e. The molecular formula is C30H36N6O4. The highest BCUT2D eigenvalue weighted by atomic mass is 16.6. The van der Waals surface area contributed by atoms with E-state index in [4.69, 9.17) is 4.74 Å². The van der Waals surface area contributed by atoms with Crippen molar-refractivity contribution in [2.45, 2.75) is 33.4 Å². The molecule has 0 saturated carbocycles. The van der Waals surface area contributed by atoms with Crippen LogP contribution in [-0.4, -0.2) is 76.5 Å². The number of amides is 3. The summed E-state index contributed by atoms with van der Waals surface area (Å²) in [7, 11) is 0. The number of hydrogen-bond donors (Lipinski definition) is 2. The van der Waals surface area contributed by atoms with E-state index in [-0.39, 0.29) is 23.6 Å². The summed E-state index contributed by atoms with van der Waals surface area (Å²) in [6, 6.07) is 20.2. The van der Waals surface area contributed by atoms with Gasteiger partial charge in [0.1, 0.15) is 17.6 Å². The number of benzene rings is 2. The van der Waals surface area contributed by atoms with E-state index in [0.29, 0.717) is 51.0 Å². The van der Waals surface area contributed by atoms with Crippen LogP contribution in [0.3, 0.4) is 0 Å². The maximum Gasteiger partial charge on any atom is 0.409 e. The summed E-state index contributed by atoms with van der Waals surface area (Å²) >= 11 is 0. The van der Waals surface area contributed by atoms with E-state index in [0.717, 1.165) is 11.1 Å². The van der Waals surface area contributed by atoms with Crippen molar-refractivity contribution in [1.29, 1.82) is 0 Å². The van der Waals surface area contributed by atoms with Crippen LogP contribution >= 0.6 is 0 Å². The average molecular weight is 545 g/mol. The molecule has 2 N–H and O–H groups in total. The van der Waals surface area contributed by atoms with Crippen LogP contribution in [0.1, 0.15) is 36.8 Å². The lowest BCUT2D eigenvalue weighted by molar-refractivity contribution is -0.135. The summed E-state index contributed by atoms with van der Waals surface area (Å²) in [4.78, 5) is 51.4. The Kier molecular flexibility index (Phi) is 9.66. The summed E-state index contributed by atoms with van der Waals surface area (Å²) in [5.41, 5.74) is 2.01. The van der Waals surface area contributed by atoms with E-state index in [9.17, 15) is 14.4 Å². The predicted molar refractivity (Wildman–Crippen MR) is 153 cm³/mol. The van der Waals surface area contributed by atoms with Crippen LogP contribution in [0.5, 0.6) is 0 Å². The van der Waals surface area contributed by atoms with Crippen LogP contribution in [0.15, 0.2) is 66.7 Å². The minimum atomic E-state index is -0.752. The highest BCUT2D eigenvalue weighted by molar-refractivity contribution is 5.97. The van der Waals surface area contributed by atoms with Gasteiger partial charge >= 0.3 is 6.09 Å². The molecule has 1 aromatic heterocycles. The van der Waals surface area contributed by atoms with Gasteiger partial charge in [-0.2, -0.15) is 0 Å². The number of ether oxygens (including phenoxy) is 1. The Bertz CT molecular complexity index is 1290. The first-order valence-corrected chi connectivity index (χ1v) is 13.6. The van der Waals surface area contributed by atoms with Gasteiger partial charge in [0.2, 0.25) is 5.91 Å². The van der Waals surface area contributed by atoms with Crippen LogP contribution < -0.4 is 10.6 Å². The number of nitrogens with one attached hydrogen (secondary N) is 2. The largest absolute Gasteiger partial charge is 0.450 e. The number of carbonyl (C=O) groups is 3. The van der Waals surface area contributed by atoms with Crippen molar-refractivity contribution in [2.75, 3.05) is 38.1 Å². The second kappa shape index (κ2) is 13.5. The lowest BCUT2D eigenvalue weighted by atomic mass is 10.0. The maximum absolute atomic E-state index is 13.5. The van der Waals surface area contributed by atoms with Crippen molar-refractivity contribution in [3.8, 4) is 11.4 Å². The third-order valence-electron chi connectivity index (χ3n) is 6.64. The maximum atomic E-state index is 13.5. The Hall–Kier alpha value is -4.47. The van der Waals surface area contributed by atoms with Gasteiger partial charge in [-0.3, -0.25) is 9.59 Å². The van der Waals surface area contributed by atoms with Gasteiger partial charge in [0.25, 0.3) is 5.91 Å². The fourth-order valence-electron chi connectivity index (χ4n) is 4.41. The van der Waals surface area contributed by atoms with Gasteiger partial charge in [0.05, 0.1) is 6.61 Å². The lowest BCUT2D eigenvalue weighted by Gasteiger charge is -2.36. The fourth-order valence-corrected chi connectivity index (χ4v) is 4.41. The van der Waals surface area contributed by atoms with E-state index in [1.807, 2.05) is 74.5 Å². The number of nitrogens with zero attached hydrogens (tertiary/aromatic N) is 4. The highest BCUT2D eigenvalue weighted by Crippen LogP contribution is 2.19. The van der Waals surface area contributed by atoms with Crippen molar-refractivity contribution < 1.29 is 19.1 Å². The number of rotatable bonds is 9. The first-order valence-electron chi connectivity index (χ1n) is 13.6. The van der Waals surface area contributed by atoms with E-state index in [1.54, 1.807) is 22.8 Å². The van der Waals surface area contributed by atoms with Gasteiger partial charge < -0.3 is 25.2 Å². The molecular weight excluding hydrogens is 508 g/mol. The molecule has 40 heavy (non-hydrogen) atoms. The standard InChI is InChI=1S/C30H36N6O4/c1-4-40-30(39)36-17-15-35(16-18-36)29(38)26(21(2)3)34-28(37)24-19-25(31-20-22-11-7-5-8-12-22)33-27(32-24)23-13-9-6-10-14-23/h5-14,19,21,26H,4,15-18,20H2,1-3H3,(H,34,37)(H,31,32,33). The van der Waals surface area contributed by atoms with Gasteiger partial charge in [-0.25, -0.2) is 14.8 Å². The molecule has 4 rings (SSSR count). The first kappa shape index (κ1) is 28.5. The molecule has 2 heterocycles. The molecule has 2 aromatic carbocycles. The molecule has 3 amide bonds. The second-order valence-electron chi connectivity index (χ2n) is 9.87. The molecule has 1 saturated heterocycles. The Morgan fingerprint density at radius 2 is 1.52 bits per heavy atom. The van der Waals surface area contributed by atoms with Crippen LogP contribution in [0.2, 0.25) is 0 Å². The third kappa shape index (κ3) is 7.34. The Labute approximate surface area is 234 Å². The SMILES string of the molecule is CCOC(=O)N1CCN(C(=O)C(NC(=O)c2cc(NCc3ccccc3)nc(-c3ccccc3)n2)C(C)C)CC1. The van der Waals surface area contributed by atoms with E-state index < -0.39 is 11.9 Å². The molecule has 0 bridgehead atoms. The van der Waals surface area contributed by atoms with E-state index in [1.165, 1.54) is 0 Å². The lowest BCUT2D eigenvalue weighted by Crippen LogP contribution is -2.57. The quantitative estimate of drug-likeness (QED) is 0.421. The summed E-state index contributed by atoms with van der Waals surface area (Å²) < 4.78 is 5.07. The zero-order chi connectivity index (χ0) is 28.5. The second-order valence-corrected chi connectivity index (χ2v) is 9.87. The van der Waals surface area contributed by atoms with Gasteiger partial charge in [-0.1, -0.05) is 74.5 Å². The molecule has 210 valence electrons. The molecule has 3 aromatic rings. The Morgan fingerprint density at radius 3 is 2.15 bits per heavy atom. The monoisotopic (exact) mass is 544 g/mol. The molecule has 1 atom stereocenters. The molecule has 1 aliphatic rings. The minimum absolute atomic E-state index is 0.161. The van der Waals surface area contributed by atoms with E-state index >= 15 is 0 Å². The minimum Gasteiger partial charge on any atom is -0.450 e. The highest BCUT2D eigenvalue weighted by Gasteiger charge is 2.32. The number of hydrogen-bond acceptors (Lipinski definition) is 7. The first-order chi connectivity index (χ1) is 19.4. The molecule has 10 heteroatoms. The Morgan fingerprint density at radius 1 is 0.900 bits per heavy atom. The molecule has 1 aliphatic heterocycles. The zero-order valence-corrected chi connectivity index (χ0v) is 23.2. The van der Waals surface area contributed by atoms with Crippen molar-refractivity contribution in [3.05, 3.63) is 78.0 Å². The number of carbonyl (C=O) groups excluding carboxylic acids is 3. The molecule has 0 radical (unpaired) electrons. The number of aromatic nitrogens is 2. The van der Waals surface area contributed by atoms with Gasteiger partial charge in [-0.05, 0) is 18.4 Å². The summed E-state index contributed by atoms with van der Waals surface area (Å²) in [6.45, 7) is 7.87. The molecule has 10 nitrogen and oxygen atoms in total. The van der Waals surface area contributed by atoms with Crippen LogP contribution in [0.25, 0.3) is 11.4 Å². The van der Waals surface area contributed by atoms with Gasteiger partial charge in [-0.15, -0.1) is 0 Å². The van der Waals surface area contributed by atoms with Crippen molar-refractivity contribution in [2.24, 2.45) is 5.92 Å². The summed E-state index contributed by atoms with van der Waals surface area (Å²) in [6.07, 6.45) is -0.377. The van der Waals surface area contributed by atoms with Crippen LogP contribution in [0.4, 0.5) is 10.6 Å². The molecule has 0 aliphatic carbocycles. The zero-order valence-electron chi connectivity index (χ0n) is 23.2. The number of anilines is 1. The normalized spacial score (nSPS) is 14.0. The number of piperazine rings is 1. The summed E-state index contributed by atoms with van der Waals surface area (Å²) in [5, 5.41) is 6.20. The topological polar surface area (TPSA) is 117 Å². The molecule has 1 fully saturated rings. The van der Waals surface area contributed by atoms with Crippen LogP contribution in [-0.2, 0) is 16.1 Å². The predicted octanol–water partition coefficient (Wildman–Crippen LogP) is 3.81. The Balaban J connectivity index is 1.50. The molecule has 1 unspecified atom stereocenters. The van der Waals surface area contributed by atoms with Crippen molar-refractivity contribution in [1.82, 2.24) is 25.1 Å². The molecule has 0 spiro atoms. The van der Waals surface area contributed by atoms with Crippen LogP contribution in [0, 0.1) is 5.92 Å². The summed E-state index contributed by atoms with van der Waals surface area (Å²) in [5.74, 6) is 0.105. The fraction of sp³-hybridized carbons (Fsp3) is 0.367. The van der Waals surface area contributed by atoms with E-state index in [2.05, 4.69) is 20.6 Å². The van der Waals surface area contributed by atoms with Gasteiger partial charge in [0, 0.05) is 44.4 Å². The van der Waals surface area contributed by atoms with Gasteiger partial charge in [0.15, 0.2) is 5.82 Å².